The second-order valence-corrected chi connectivity index (χ2v) is 10.4. The van der Waals surface area contributed by atoms with Crippen molar-refractivity contribution in [3.05, 3.63) is 124 Å². The molecule has 0 aliphatic rings. The van der Waals surface area contributed by atoms with Gasteiger partial charge < -0.3 is 20.1 Å². The number of carbonyl (C=O) groups excluding carboxylic acids is 3. The number of hydrogen-bond donors (Lipinski definition) is 3. The Bertz CT molecular complexity index is 1590. The smallest absolute Gasteiger partial charge is 0.262 e. The van der Waals surface area contributed by atoms with Crippen molar-refractivity contribution in [2.24, 2.45) is 5.10 Å². The summed E-state index contributed by atoms with van der Waals surface area (Å²) in [5.41, 5.74) is 4.70. The van der Waals surface area contributed by atoms with Crippen molar-refractivity contribution in [3.63, 3.8) is 0 Å². The van der Waals surface area contributed by atoms with E-state index in [9.17, 15) is 14.4 Å². The zero-order valence-electron chi connectivity index (χ0n) is 23.7. The van der Waals surface area contributed by atoms with E-state index in [4.69, 9.17) is 32.7 Å². The van der Waals surface area contributed by atoms with Gasteiger partial charge in [0, 0.05) is 17.1 Å². The van der Waals surface area contributed by atoms with Crippen molar-refractivity contribution in [3.8, 4) is 11.5 Å². The number of benzene rings is 4. The highest BCUT2D eigenvalue weighted by Crippen LogP contribution is 2.28. The normalized spacial score (nSPS) is 12.2. The summed E-state index contributed by atoms with van der Waals surface area (Å²) in [5.74, 6) is -0.518. The number of ether oxygens (including phenoxy) is 2. The Hall–Kier alpha value is -4.86. The Morgan fingerprint density at radius 1 is 0.864 bits per heavy atom. The van der Waals surface area contributed by atoms with Crippen LogP contribution in [0.3, 0.4) is 0 Å². The maximum Gasteiger partial charge on any atom is 0.262 e. The van der Waals surface area contributed by atoms with E-state index >= 15 is 0 Å². The lowest BCUT2D eigenvalue weighted by atomic mass is 10.1. The molecule has 0 heterocycles. The maximum atomic E-state index is 13.1. The molecule has 2 atom stereocenters. The average Bonchev–Trinajstić information content (AvgIpc) is 3.02. The monoisotopic (exact) mass is 632 g/mol. The van der Waals surface area contributed by atoms with Crippen LogP contribution >= 0.6 is 23.2 Å². The quantitative estimate of drug-likeness (QED) is 0.130. The third-order valence-corrected chi connectivity index (χ3v) is 6.71. The highest BCUT2D eigenvalue weighted by molar-refractivity contribution is 6.35. The Morgan fingerprint density at radius 2 is 1.55 bits per heavy atom. The SMILES string of the molecule is C[C@H](Oc1ccc(Cl)cc1Cl)C(=O)N[C@@H](Cc1ccccc1)C(=O)N/N=C\c1ccc(OCC(=O)Nc2ccccc2)cc1. The first kappa shape index (κ1) is 32.1. The lowest BCUT2D eigenvalue weighted by molar-refractivity contribution is -0.132. The van der Waals surface area contributed by atoms with Crippen LogP contribution in [0.2, 0.25) is 10.0 Å². The molecule has 0 saturated heterocycles. The van der Waals surface area contributed by atoms with Gasteiger partial charge in [-0.1, -0.05) is 71.7 Å². The molecule has 3 N–H and O–H groups in total. The lowest BCUT2D eigenvalue weighted by Gasteiger charge is -2.21. The molecular formula is C33H30Cl2N4O5. The van der Waals surface area contributed by atoms with Crippen LogP contribution in [0.25, 0.3) is 0 Å². The first-order valence-corrected chi connectivity index (χ1v) is 14.4. The number of halogens is 2. The number of hydrogen-bond acceptors (Lipinski definition) is 6. The number of amides is 3. The van der Waals surface area contributed by atoms with E-state index in [2.05, 4.69) is 21.2 Å². The van der Waals surface area contributed by atoms with Gasteiger partial charge in [-0.2, -0.15) is 5.10 Å². The molecule has 4 aromatic carbocycles. The summed E-state index contributed by atoms with van der Waals surface area (Å²) in [5, 5.41) is 10.2. The van der Waals surface area contributed by atoms with Crippen LogP contribution in [0.4, 0.5) is 5.69 Å². The predicted octanol–water partition coefficient (Wildman–Crippen LogP) is 5.66. The van der Waals surface area contributed by atoms with Crippen molar-refractivity contribution >= 4 is 52.8 Å². The minimum absolute atomic E-state index is 0.149. The molecule has 0 aliphatic carbocycles. The molecule has 0 bridgehead atoms. The molecule has 0 saturated carbocycles. The van der Waals surface area contributed by atoms with E-state index in [1.165, 1.54) is 12.3 Å². The largest absolute Gasteiger partial charge is 0.484 e. The van der Waals surface area contributed by atoms with E-state index in [1.807, 2.05) is 48.5 Å². The van der Waals surface area contributed by atoms with Gasteiger partial charge in [-0.3, -0.25) is 14.4 Å². The van der Waals surface area contributed by atoms with Gasteiger partial charge in [0.15, 0.2) is 12.7 Å². The van der Waals surface area contributed by atoms with Gasteiger partial charge >= 0.3 is 0 Å². The van der Waals surface area contributed by atoms with E-state index in [1.54, 1.807) is 55.5 Å². The lowest BCUT2D eigenvalue weighted by Crippen LogP contribution is -2.50. The number of hydrazone groups is 1. The minimum Gasteiger partial charge on any atom is -0.484 e. The fraction of sp³-hybridized carbons (Fsp3) is 0.152. The van der Waals surface area contributed by atoms with Crippen LogP contribution in [0.15, 0.2) is 108 Å². The summed E-state index contributed by atoms with van der Waals surface area (Å²) < 4.78 is 11.2. The number of para-hydroxylation sites is 1. The topological polar surface area (TPSA) is 118 Å². The number of nitrogens with zero attached hydrogens (tertiary/aromatic N) is 1. The molecule has 0 aromatic heterocycles. The van der Waals surface area contributed by atoms with E-state index in [0.717, 1.165) is 5.56 Å². The van der Waals surface area contributed by atoms with Gasteiger partial charge in [-0.05, 0) is 72.6 Å². The summed E-state index contributed by atoms with van der Waals surface area (Å²) in [6, 6.07) is 28.9. The van der Waals surface area contributed by atoms with E-state index in [-0.39, 0.29) is 24.0 Å². The Balaban J connectivity index is 1.32. The summed E-state index contributed by atoms with van der Waals surface area (Å²) in [6.45, 7) is 1.41. The fourth-order valence-electron chi connectivity index (χ4n) is 3.93. The van der Waals surface area contributed by atoms with Crippen molar-refractivity contribution in [1.29, 1.82) is 0 Å². The molecule has 44 heavy (non-hydrogen) atoms. The van der Waals surface area contributed by atoms with Crippen molar-refractivity contribution in [2.45, 2.75) is 25.5 Å². The van der Waals surface area contributed by atoms with E-state index in [0.29, 0.717) is 27.8 Å². The Kier molecular flexibility index (Phi) is 11.7. The second-order valence-electron chi connectivity index (χ2n) is 9.59. The van der Waals surface area contributed by atoms with E-state index < -0.39 is 24.0 Å². The van der Waals surface area contributed by atoms with Crippen molar-refractivity contribution < 1.29 is 23.9 Å². The Labute approximate surface area is 265 Å². The van der Waals surface area contributed by atoms with Gasteiger partial charge in [0.1, 0.15) is 17.5 Å². The zero-order chi connectivity index (χ0) is 31.3. The molecule has 0 spiro atoms. The van der Waals surface area contributed by atoms with Crippen LogP contribution in [-0.4, -0.2) is 42.7 Å². The molecule has 0 fully saturated rings. The van der Waals surface area contributed by atoms with Crippen LogP contribution in [0.1, 0.15) is 18.1 Å². The third-order valence-electron chi connectivity index (χ3n) is 6.18. The molecule has 3 amide bonds. The van der Waals surface area contributed by atoms with Gasteiger partial charge in [0.2, 0.25) is 0 Å². The van der Waals surface area contributed by atoms with Gasteiger partial charge in [0.25, 0.3) is 17.7 Å². The third kappa shape index (κ3) is 10.1. The molecule has 0 aliphatic heterocycles. The number of anilines is 1. The van der Waals surface area contributed by atoms with Crippen molar-refractivity contribution in [2.75, 3.05) is 11.9 Å². The van der Waals surface area contributed by atoms with Gasteiger partial charge in [0.05, 0.1) is 11.2 Å². The predicted molar refractivity (Wildman–Crippen MR) is 171 cm³/mol. The van der Waals surface area contributed by atoms with Crippen molar-refractivity contribution in [1.82, 2.24) is 10.7 Å². The Morgan fingerprint density at radius 3 is 2.23 bits per heavy atom. The van der Waals surface area contributed by atoms with Crippen LogP contribution in [0, 0.1) is 0 Å². The molecule has 226 valence electrons. The fourth-order valence-corrected chi connectivity index (χ4v) is 4.38. The summed E-state index contributed by atoms with van der Waals surface area (Å²) in [4.78, 5) is 38.2. The summed E-state index contributed by atoms with van der Waals surface area (Å²) in [6.07, 6.45) is 0.736. The summed E-state index contributed by atoms with van der Waals surface area (Å²) >= 11 is 12.1. The highest BCUT2D eigenvalue weighted by atomic mass is 35.5. The average molecular weight is 634 g/mol. The zero-order valence-corrected chi connectivity index (χ0v) is 25.2. The maximum absolute atomic E-state index is 13.1. The standard InChI is InChI=1S/C33H30Cl2N4O5/c1-22(44-30-17-14-25(34)19-28(30)35)32(41)38-29(18-23-8-4-2-5-9-23)33(42)39-36-20-24-12-15-27(16-13-24)43-21-31(40)37-26-10-6-3-7-11-26/h2-17,19-20,22,29H,18,21H2,1H3,(H,37,40)(H,38,41)(H,39,42)/b36-20-/t22-,29-/m0/s1. The molecule has 11 heteroatoms. The van der Waals surface area contributed by atoms with Crippen LogP contribution in [0.5, 0.6) is 11.5 Å². The number of nitrogens with one attached hydrogen (secondary N) is 3. The van der Waals surface area contributed by atoms with Crippen LogP contribution in [-0.2, 0) is 20.8 Å². The number of rotatable bonds is 13. The number of carbonyl (C=O) groups is 3. The first-order valence-electron chi connectivity index (χ1n) is 13.6. The van der Waals surface area contributed by atoms with Crippen LogP contribution < -0.4 is 25.5 Å². The highest BCUT2D eigenvalue weighted by Gasteiger charge is 2.25. The molecule has 4 aromatic rings. The summed E-state index contributed by atoms with van der Waals surface area (Å²) in [7, 11) is 0. The molecule has 0 radical (unpaired) electrons. The van der Waals surface area contributed by atoms with Gasteiger partial charge in [-0.25, -0.2) is 5.43 Å². The first-order chi connectivity index (χ1) is 21.3. The molecule has 4 rings (SSSR count). The molecular weight excluding hydrogens is 603 g/mol. The molecule has 0 unspecified atom stereocenters. The second kappa shape index (κ2) is 16.1. The molecule has 9 nitrogen and oxygen atoms in total. The minimum atomic E-state index is -0.951. The van der Waals surface area contributed by atoms with Gasteiger partial charge in [-0.15, -0.1) is 0 Å².